The van der Waals surface area contributed by atoms with E-state index in [2.05, 4.69) is 4.72 Å². The predicted molar refractivity (Wildman–Crippen MR) is 86.1 cm³/mol. The van der Waals surface area contributed by atoms with Gasteiger partial charge in [-0.05, 0) is 24.6 Å². The SMILES string of the molecule is C[C@@H](NS(=O)(=O)c1ccc(Cl)c(N)c1Cl)c1ccccc1. The average molecular weight is 345 g/mol. The Labute approximate surface area is 133 Å². The van der Waals surface area contributed by atoms with Crippen LogP contribution in [0, 0.1) is 0 Å². The van der Waals surface area contributed by atoms with Crippen LogP contribution in [0.5, 0.6) is 0 Å². The molecule has 0 amide bonds. The average Bonchev–Trinajstić information content (AvgIpc) is 2.45. The number of benzene rings is 2. The van der Waals surface area contributed by atoms with Crippen LogP contribution in [0.1, 0.15) is 18.5 Å². The van der Waals surface area contributed by atoms with Crippen LogP contribution in [0.25, 0.3) is 0 Å². The third-order valence-corrected chi connectivity index (χ3v) is 5.44. The van der Waals surface area contributed by atoms with Gasteiger partial charge in [-0.2, -0.15) is 0 Å². The normalized spacial score (nSPS) is 13.1. The van der Waals surface area contributed by atoms with E-state index in [0.717, 1.165) is 5.56 Å². The molecule has 2 aromatic rings. The van der Waals surface area contributed by atoms with E-state index in [4.69, 9.17) is 28.9 Å². The standard InChI is InChI=1S/C14H14Cl2N2O2S/c1-9(10-5-3-2-4-6-10)18-21(19,20)12-8-7-11(15)14(17)13(12)16/h2-9,18H,17H2,1H3/t9-/m1/s1. The quantitative estimate of drug-likeness (QED) is 0.832. The molecule has 0 bridgehead atoms. The molecule has 0 saturated heterocycles. The number of sulfonamides is 1. The number of nitrogen functional groups attached to an aromatic ring is 1. The summed E-state index contributed by atoms with van der Waals surface area (Å²) >= 11 is 11.8. The molecule has 0 saturated carbocycles. The molecule has 7 heteroatoms. The molecule has 0 spiro atoms. The summed E-state index contributed by atoms with van der Waals surface area (Å²) in [5.41, 5.74) is 6.56. The van der Waals surface area contributed by atoms with Gasteiger partial charge in [-0.25, -0.2) is 13.1 Å². The molecule has 21 heavy (non-hydrogen) atoms. The Morgan fingerprint density at radius 2 is 1.71 bits per heavy atom. The molecule has 0 fully saturated rings. The highest BCUT2D eigenvalue weighted by atomic mass is 35.5. The summed E-state index contributed by atoms with van der Waals surface area (Å²) in [7, 11) is -3.80. The van der Waals surface area contributed by atoms with Crippen LogP contribution < -0.4 is 10.5 Å². The minimum absolute atomic E-state index is 0.0496. The van der Waals surface area contributed by atoms with E-state index < -0.39 is 16.1 Å². The summed E-state index contributed by atoms with van der Waals surface area (Å²) in [5, 5.41) is 0.144. The van der Waals surface area contributed by atoms with Crippen molar-refractivity contribution in [3.05, 3.63) is 58.1 Å². The second-order valence-corrected chi connectivity index (χ2v) is 6.99. The van der Waals surface area contributed by atoms with Crippen molar-refractivity contribution in [1.29, 1.82) is 0 Å². The molecule has 2 aromatic carbocycles. The van der Waals surface area contributed by atoms with Crippen LogP contribution in [0.15, 0.2) is 47.4 Å². The molecular formula is C14H14Cl2N2O2S. The number of nitrogens with one attached hydrogen (secondary N) is 1. The van der Waals surface area contributed by atoms with Crippen molar-refractivity contribution in [2.45, 2.75) is 17.9 Å². The van der Waals surface area contributed by atoms with Crippen LogP contribution in [0.4, 0.5) is 5.69 Å². The molecule has 0 aromatic heterocycles. The lowest BCUT2D eigenvalue weighted by Crippen LogP contribution is -2.27. The zero-order valence-corrected chi connectivity index (χ0v) is 13.5. The van der Waals surface area contributed by atoms with Gasteiger partial charge in [0.05, 0.1) is 15.7 Å². The summed E-state index contributed by atoms with van der Waals surface area (Å²) < 4.78 is 27.4. The van der Waals surface area contributed by atoms with E-state index in [1.54, 1.807) is 6.92 Å². The van der Waals surface area contributed by atoms with Gasteiger partial charge in [0.15, 0.2) is 0 Å². The first-order valence-electron chi connectivity index (χ1n) is 6.13. The van der Waals surface area contributed by atoms with Crippen molar-refractivity contribution >= 4 is 38.9 Å². The molecule has 0 radical (unpaired) electrons. The van der Waals surface area contributed by atoms with Gasteiger partial charge in [-0.15, -0.1) is 0 Å². The lowest BCUT2D eigenvalue weighted by molar-refractivity contribution is 0.567. The van der Waals surface area contributed by atoms with Gasteiger partial charge < -0.3 is 5.73 Å². The van der Waals surface area contributed by atoms with Gasteiger partial charge in [0.1, 0.15) is 4.90 Å². The predicted octanol–water partition coefficient (Wildman–Crippen LogP) is 3.62. The molecule has 2 rings (SSSR count). The summed E-state index contributed by atoms with van der Waals surface area (Å²) in [6, 6.07) is 11.6. The largest absolute Gasteiger partial charge is 0.396 e. The van der Waals surface area contributed by atoms with Gasteiger partial charge in [0.2, 0.25) is 10.0 Å². The van der Waals surface area contributed by atoms with Crippen LogP contribution >= 0.6 is 23.2 Å². The van der Waals surface area contributed by atoms with Crippen LogP contribution in [0.2, 0.25) is 10.0 Å². The zero-order chi connectivity index (χ0) is 15.6. The first-order valence-corrected chi connectivity index (χ1v) is 8.37. The molecular weight excluding hydrogens is 331 g/mol. The first-order chi connectivity index (χ1) is 9.83. The highest BCUT2D eigenvalue weighted by molar-refractivity contribution is 7.89. The maximum absolute atomic E-state index is 12.4. The molecule has 3 N–H and O–H groups in total. The van der Waals surface area contributed by atoms with E-state index in [1.807, 2.05) is 30.3 Å². The fraction of sp³-hybridized carbons (Fsp3) is 0.143. The third-order valence-electron chi connectivity index (χ3n) is 3.01. The smallest absolute Gasteiger partial charge is 0.242 e. The maximum Gasteiger partial charge on any atom is 0.242 e. The van der Waals surface area contributed by atoms with Gasteiger partial charge in [0.25, 0.3) is 0 Å². The lowest BCUT2D eigenvalue weighted by atomic mass is 10.1. The second-order valence-electron chi connectivity index (χ2n) is 4.53. The van der Waals surface area contributed by atoms with E-state index in [0.29, 0.717) is 0 Å². The second kappa shape index (κ2) is 6.23. The minimum atomic E-state index is -3.80. The highest BCUT2D eigenvalue weighted by Crippen LogP contribution is 2.33. The van der Waals surface area contributed by atoms with E-state index >= 15 is 0 Å². The van der Waals surface area contributed by atoms with Crippen molar-refractivity contribution in [2.24, 2.45) is 0 Å². The number of hydrogen-bond acceptors (Lipinski definition) is 3. The summed E-state index contributed by atoms with van der Waals surface area (Å²) in [6.07, 6.45) is 0. The molecule has 112 valence electrons. The number of halogens is 2. The Morgan fingerprint density at radius 3 is 2.33 bits per heavy atom. The van der Waals surface area contributed by atoms with Gasteiger partial charge in [-0.3, -0.25) is 0 Å². The number of hydrogen-bond donors (Lipinski definition) is 2. The topological polar surface area (TPSA) is 72.2 Å². The monoisotopic (exact) mass is 344 g/mol. The van der Waals surface area contributed by atoms with Crippen molar-refractivity contribution < 1.29 is 8.42 Å². The molecule has 1 atom stereocenters. The highest BCUT2D eigenvalue weighted by Gasteiger charge is 2.23. The Kier molecular flexibility index (Phi) is 4.78. The zero-order valence-electron chi connectivity index (χ0n) is 11.2. The number of anilines is 1. The summed E-state index contributed by atoms with van der Waals surface area (Å²) in [5.74, 6) is 0. The minimum Gasteiger partial charge on any atom is -0.396 e. The molecule has 0 heterocycles. The van der Waals surface area contributed by atoms with E-state index in [9.17, 15) is 8.42 Å². The Bertz CT molecular complexity index is 749. The van der Waals surface area contributed by atoms with Crippen molar-refractivity contribution in [2.75, 3.05) is 5.73 Å². The molecule has 0 unspecified atom stereocenters. The van der Waals surface area contributed by atoms with Gasteiger partial charge in [0, 0.05) is 6.04 Å². The van der Waals surface area contributed by atoms with Gasteiger partial charge in [-0.1, -0.05) is 53.5 Å². The van der Waals surface area contributed by atoms with E-state index in [-0.39, 0.29) is 20.6 Å². The fourth-order valence-corrected chi connectivity index (χ4v) is 3.86. The molecule has 4 nitrogen and oxygen atoms in total. The number of nitrogens with two attached hydrogens (primary N) is 1. The van der Waals surface area contributed by atoms with Crippen molar-refractivity contribution in [3.63, 3.8) is 0 Å². The molecule has 0 aliphatic heterocycles. The number of rotatable bonds is 4. The Balaban J connectivity index is 2.33. The maximum atomic E-state index is 12.4. The Hall–Kier alpha value is -1.27. The summed E-state index contributed by atoms with van der Waals surface area (Å²) in [4.78, 5) is -0.0890. The lowest BCUT2D eigenvalue weighted by Gasteiger charge is -2.16. The van der Waals surface area contributed by atoms with Crippen molar-refractivity contribution in [1.82, 2.24) is 4.72 Å². The third kappa shape index (κ3) is 3.49. The first kappa shape index (κ1) is 16.1. The Morgan fingerprint density at radius 1 is 1.10 bits per heavy atom. The van der Waals surface area contributed by atoms with Crippen LogP contribution in [0.3, 0.4) is 0 Å². The van der Waals surface area contributed by atoms with Crippen LogP contribution in [-0.4, -0.2) is 8.42 Å². The van der Waals surface area contributed by atoms with Crippen LogP contribution in [-0.2, 0) is 10.0 Å². The molecule has 0 aliphatic rings. The van der Waals surface area contributed by atoms with Crippen molar-refractivity contribution in [3.8, 4) is 0 Å². The fourth-order valence-electron chi connectivity index (χ4n) is 1.86. The van der Waals surface area contributed by atoms with E-state index in [1.165, 1.54) is 12.1 Å². The molecule has 0 aliphatic carbocycles. The summed E-state index contributed by atoms with van der Waals surface area (Å²) in [6.45, 7) is 1.75. The van der Waals surface area contributed by atoms with Gasteiger partial charge >= 0.3 is 0 Å².